The Labute approximate surface area is 217 Å². The maximum absolute atomic E-state index is 13.8. The van der Waals surface area contributed by atoms with Crippen LogP contribution in [-0.2, 0) is 9.53 Å². The first kappa shape index (κ1) is 26.0. The van der Waals surface area contributed by atoms with E-state index in [9.17, 15) is 9.59 Å². The Morgan fingerprint density at radius 2 is 1.70 bits per heavy atom. The molecule has 1 atom stereocenters. The summed E-state index contributed by atoms with van der Waals surface area (Å²) >= 11 is 1.23. The van der Waals surface area contributed by atoms with Gasteiger partial charge in [-0.15, -0.1) is 0 Å². The fraction of sp³-hybridized carbons (Fsp3) is 0.296. The van der Waals surface area contributed by atoms with Crippen molar-refractivity contribution in [1.29, 1.82) is 0 Å². The van der Waals surface area contributed by atoms with Crippen LogP contribution in [0.15, 0.2) is 57.5 Å². The van der Waals surface area contributed by atoms with Crippen molar-refractivity contribution in [2.45, 2.75) is 19.9 Å². The molecule has 0 N–H and O–H groups in total. The molecule has 4 rings (SSSR count). The highest BCUT2D eigenvalue weighted by atomic mass is 32.1. The fourth-order valence-electron chi connectivity index (χ4n) is 4.27. The highest BCUT2D eigenvalue weighted by Gasteiger charge is 2.33. The Morgan fingerprint density at radius 3 is 2.30 bits per heavy atom. The van der Waals surface area contributed by atoms with Crippen LogP contribution in [0.2, 0.25) is 0 Å². The summed E-state index contributed by atoms with van der Waals surface area (Å²) in [4.78, 5) is 31.9. The molecule has 1 aliphatic heterocycles. The molecule has 0 spiro atoms. The number of benzene rings is 2. The van der Waals surface area contributed by atoms with Gasteiger partial charge in [0.2, 0.25) is 5.75 Å². The second-order valence-electron chi connectivity index (χ2n) is 8.00. The Kier molecular flexibility index (Phi) is 7.68. The van der Waals surface area contributed by atoms with E-state index in [1.807, 2.05) is 12.1 Å². The van der Waals surface area contributed by atoms with Gasteiger partial charge in [-0.2, -0.15) is 0 Å². The van der Waals surface area contributed by atoms with Crippen LogP contribution in [0.5, 0.6) is 23.0 Å². The number of esters is 1. The second-order valence-corrected chi connectivity index (χ2v) is 9.01. The molecule has 2 aromatic carbocycles. The number of carbonyl (C=O) groups excluding carboxylic acids is 1. The molecule has 9 nitrogen and oxygen atoms in total. The summed E-state index contributed by atoms with van der Waals surface area (Å²) in [5.41, 5.74) is 1.88. The molecule has 0 aliphatic carbocycles. The maximum atomic E-state index is 13.8. The first-order valence-corrected chi connectivity index (χ1v) is 12.3. The summed E-state index contributed by atoms with van der Waals surface area (Å²) in [5, 5.41) is 0. The van der Waals surface area contributed by atoms with E-state index in [1.54, 1.807) is 51.3 Å². The molecule has 2 heterocycles. The number of hydrogen-bond donors (Lipinski definition) is 0. The van der Waals surface area contributed by atoms with Crippen molar-refractivity contribution in [1.82, 2.24) is 4.57 Å². The zero-order chi connectivity index (χ0) is 26.7. The zero-order valence-electron chi connectivity index (χ0n) is 21.5. The number of aromatic nitrogens is 1. The molecule has 0 bridgehead atoms. The number of methoxy groups -OCH3 is 4. The first-order chi connectivity index (χ1) is 17.9. The number of allylic oxidation sites excluding steroid dienone is 1. The average Bonchev–Trinajstić information content (AvgIpc) is 3.21. The van der Waals surface area contributed by atoms with Crippen LogP contribution in [0.4, 0.5) is 0 Å². The van der Waals surface area contributed by atoms with Gasteiger partial charge in [-0.1, -0.05) is 23.5 Å². The van der Waals surface area contributed by atoms with Crippen molar-refractivity contribution in [2.75, 3.05) is 35.0 Å². The van der Waals surface area contributed by atoms with E-state index in [2.05, 4.69) is 4.99 Å². The predicted molar refractivity (Wildman–Crippen MR) is 139 cm³/mol. The minimum atomic E-state index is -0.712. The highest BCUT2D eigenvalue weighted by Crippen LogP contribution is 2.40. The Morgan fingerprint density at radius 1 is 1.00 bits per heavy atom. The monoisotopic (exact) mass is 524 g/mol. The summed E-state index contributed by atoms with van der Waals surface area (Å²) in [7, 11) is 6.16. The van der Waals surface area contributed by atoms with Crippen LogP contribution in [-0.4, -0.2) is 45.6 Å². The van der Waals surface area contributed by atoms with Gasteiger partial charge in [0.25, 0.3) is 5.56 Å². The summed E-state index contributed by atoms with van der Waals surface area (Å²) in [6, 6.07) is 10.1. The minimum Gasteiger partial charge on any atom is -0.497 e. The smallest absolute Gasteiger partial charge is 0.338 e. The van der Waals surface area contributed by atoms with Crippen LogP contribution >= 0.6 is 11.3 Å². The molecule has 0 amide bonds. The lowest BCUT2D eigenvalue weighted by Crippen LogP contribution is -2.39. The number of fused-ring (bicyclic) bond motifs is 1. The molecule has 0 radical (unpaired) electrons. The average molecular weight is 525 g/mol. The van der Waals surface area contributed by atoms with Gasteiger partial charge in [-0.25, -0.2) is 9.79 Å². The largest absolute Gasteiger partial charge is 0.497 e. The number of carbonyl (C=O) groups is 1. The van der Waals surface area contributed by atoms with Gasteiger partial charge in [0.05, 0.1) is 56.9 Å². The van der Waals surface area contributed by atoms with Gasteiger partial charge in [-0.3, -0.25) is 9.36 Å². The van der Waals surface area contributed by atoms with Crippen molar-refractivity contribution < 1.29 is 28.5 Å². The molecule has 0 saturated heterocycles. The molecular formula is C27H28N2O7S. The number of thiazole rings is 1. The first-order valence-electron chi connectivity index (χ1n) is 11.5. The normalized spacial score (nSPS) is 15.1. The lowest BCUT2D eigenvalue weighted by molar-refractivity contribution is -0.139. The van der Waals surface area contributed by atoms with E-state index >= 15 is 0 Å². The second kappa shape index (κ2) is 10.9. The van der Waals surface area contributed by atoms with E-state index in [0.717, 1.165) is 5.56 Å². The number of nitrogens with zero attached hydrogens (tertiary/aromatic N) is 2. The molecular weight excluding hydrogens is 496 g/mol. The van der Waals surface area contributed by atoms with Gasteiger partial charge in [0.15, 0.2) is 16.3 Å². The SMILES string of the molecule is CCOC(=O)C1=C(C)N=c2sc(=Cc3ccc(OC)c(OC)c3OC)c(=O)n2C1c1ccc(OC)cc1. The van der Waals surface area contributed by atoms with Crippen molar-refractivity contribution >= 4 is 23.4 Å². The zero-order valence-corrected chi connectivity index (χ0v) is 22.3. The van der Waals surface area contributed by atoms with Crippen LogP contribution in [0.3, 0.4) is 0 Å². The molecule has 37 heavy (non-hydrogen) atoms. The molecule has 10 heteroatoms. The van der Waals surface area contributed by atoms with Crippen molar-refractivity contribution in [3.63, 3.8) is 0 Å². The van der Waals surface area contributed by atoms with Crippen LogP contribution in [0.25, 0.3) is 6.08 Å². The number of ether oxygens (including phenoxy) is 5. The standard InChI is InChI=1S/C27H28N2O7S/c1-7-36-26(31)21-15(2)28-27-29(22(21)16-8-11-18(32-3)12-9-16)25(30)20(37-27)14-17-10-13-19(33-4)24(35-6)23(17)34-5/h8-14,22H,7H2,1-6H3. The molecule has 0 fully saturated rings. The van der Waals surface area contributed by atoms with Crippen molar-refractivity contribution in [2.24, 2.45) is 4.99 Å². The summed E-state index contributed by atoms with van der Waals surface area (Å²) in [6.07, 6.45) is 1.72. The van der Waals surface area contributed by atoms with E-state index in [1.165, 1.54) is 37.2 Å². The van der Waals surface area contributed by atoms with Crippen LogP contribution < -0.4 is 33.8 Å². The molecule has 3 aromatic rings. The summed E-state index contributed by atoms with van der Waals surface area (Å²) < 4.78 is 29.0. The van der Waals surface area contributed by atoms with E-state index in [-0.39, 0.29) is 12.2 Å². The molecule has 0 saturated carbocycles. The van der Waals surface area contributed by atoms with Gasteiger partial charge < -0.3 is 23.7 Å². The fourth-order valence-corrected chi connectivity index (χ4v) is 5.31. The van der Waals surface area contributed by atoms with E-state index < -0.39 is 12.0 Å². The molecule has 1 aliphatic rings. The topological polar surface area (TPSA) is 97.6 Å². The van der Waals surface area contributed by atoms with Crippen molar-refractivity contribution in [3.8, 4) is 23.0 Å². The lowest BCUT2D eigenvalue weighted by atomic mass is 9.96. The third-order valence-electron chi connectivity index (χ3n) is 5.97. The molecule has 1 aromatic heterocycles. The quantitative estimate of drug-likeness (QED) is 0.418. The Balaban J connectivity index is 1.96. The molecule has 1 unspecified atom stereocenters. The number of rotatable bonds is 8. The maximum Gasteiger partial charge on any atom is 0.338 e. The Hall–Kier alpha value is -4.05. The van der Waals surface area contributed by atoms with Gasteiger partial charge in [0, 0.05) is 5.56 Å². The third kappa shape index (κ3) is 4.72. The van der Waals surface area contributed by atoms with Crippen LogP contribution in [0, 0.1) is 0 Å². The minimum absolute atomic E-state index is 0.203. The number of hydrogen-bond acceptors (Lipinski definition) is 9. The molecule has 194 valence electrons. The van der Waals surface area contributed by atoms with Gasteiger partial charge >= 0.3 is 5.97 Å². The van der Waals surface area contributed by atoms with Crippen molar-refractivity contribution in [3.05, 3.63) is 78.5 Å². The lowest BCUT2D eigenvalue weighted by Gasteiger charge is -2.24. The van der Waals surface area contributed by atoms with Gasteiger partial charge in [0.1, 0.15) is 5.75 Å². The summed E-state index contributed by atoms with van der Waals surface area (Å²) in [5.74, 6) is 1.51. The summed E-state index contributed by atoms with van der Waals surface area (Å²) in [6.45, 7) is 3.69. The van der Waals surface area contributed by atoms with E-state index in [0.29, 0.717) is 49.2 Å². The van der Waals surface area contributed by atoms with E-state index in [4.69, 9.17) is 23.7 Å². The van der Waals surface area contributed by atoms with Crippen LogP contribution in [0.1, 0.15) is 31.0 Å². The third-order valence-corrected chi connectivity index (χ3v) is 6.95. The Bertz CT molecular complexity index is 1530. The predicted octanol–water partition coefficient (Wildman–Crippen LogP) is 2.83. The highest BCUT2D eigenvalue weighted by molar-refractivity contribution is 7.07. The van der Waals surface area contributed by atoms with Gasteiger partial charge in [-0.05, 0) is 49.8 Å².